The van der Waals surface area contributed by atoms with Gasteiger partial charge in [0.15, 0.2) is 12.2 Å². The average Bonchev–Trinajstić information content (AvgIpc) is 2.93. The van der Waals surface area contributed by atoms with E-state index in [0.717, 1.165) is 19.0 Å². The summed E-state index contributed by atoms with van der Waals surface area (Å²) in [5.74, 6) is -2.82. The van der Waals surface area contributed by atoms with Crippen molar-refractivity contribution in [2.24, 2.45) is 7.05 Å². The molecule has 2 heterocycles. The molecule has 1 fully saturated rings. The lowest BCUT2D eigenvalue weighted by Crippen LogP contribution is -2.39. The van der Waals surface area contributed by atoms with Gasteiger partial charge in [0.05, 0.1) is 0 Å². The zero-order chi connectivity index (χ0) is 16.7. The highest BCUT2D eigenvalue weighted by atomic mass is 16.4. The zero-order valence-electron chi connectivity index (χ0n) is 12.2. The molecule has 1 aromatic heterocycles. The first kappa shape index (κ1) is 18.1. The van der Waals surface area contributed by atoms with Crippen LogP contribution in [0.3, 0.4) is 0 Å². The van der Waals surface area contributed by atoms with Crippen LogP contribution in [0, 0.1) is 0 Å². The Morgan fingerprint density at radius 3 is 2.09 bits per heavy atom. The standard InChI is InChI=1S/C9H15N3.C4H6O6/c1-12-9(4-7-11-12)8-2-5-10-6-3-8;5-1(3(7)8)2(6)4(9)10/h4,7-8,10H,2-3,5-6H2,1H3;1-2,5-6H,(H,7,8)(H,9,10). The quantitative estimate of drug-likeness (QED) is 0.464. The Hall–Kier alpha value is -1.97. The second-order valence-corrected chi connectivity index (χ2v) is 4.97. The van der Waals surface area contributed by atoms with Crippen molar-refractivity contribution in [3.8, 4) is 0 Å². The first-order chi connectivity index (χ1) is 10.3. The summed E-state index contributed by atoms with van der Waals surface area (Å²) < 4.78 is 2.00. The maximum atomic E-state index is 9.77. The number of nitrogens with zero attached hydrogens (tertiary/aromatic N) is 2. The molecule has 1 aliphatic rings. The fraction of sp³-hybridized carbons (Fsp3) is 0.615. The fourth-order valence-corrected chi connectivity index (χ4v) is 2.17. The minimum Gasteiger partial charge on any atom is -0.479 e. The SMILES string of the molecule is Cn1nccc1C1CCNCC1.O=C(O)C(O)C(O)C(=O)O. The number of rotatable bonds is 4. The lowest BCUT2D eigenvalue weighted by molar-refractivity contribution is -0.165. The summed E-state index contributed by atoms with van der Waals surface area (Å²) in [5.41, 5.74) is 1.39. The van der Waals surface area contributed by atoms with E-state index in [1.807, 2.05) is 17.9 Å². The van der Waals surface area contributed by atoms with Crippen molar-refractivity contribution < 1.29 is 30.0 Å². The topological polar surface area (TPSA) is 145 Å². The number of aryl methyl sites for hydroxylation is 1. The molecule has 1 saturated heterocycles. The Kier molecular flexibility index (Phi) is 6.96. The van der Waals surface area contributed by atoms with Crippen LogP contribution in [0.1, 0.15) is 24.5 Å². The van der Waals surface area contributed by atoms with Crippen LogP contribution >= 0.6 is 0 Å². The van der Waals surface area contributed by atoms with Crippen molar-refractivity contribution in [1.29, 1.82) is 0 Å². The molecule has 2 atom stereocenters. The van der Waals surface area contributed by atoms with Crippen molar-refractivity contribution in [2.75, 3.05) is 13.1 Å². The average molecular weight is 315 g/mol. The Balaban J connectivity index is 0.000000225. The van der Waals surface area contributed by atoms with E-state index in [9.17, 15) is 9.59 Å². The number of piperidine rings is 1. The number of aliphatic hydroxyl groups is 2. The Bertz CT molecular complexity index is 480. The third kappa shape index (κ3) is 5.10. The normalized spacial score (nSPS) is 18.0. The van der Waals surface area contributed by atoms with Gasteiger partial charge in [0.2, 0.25) is 0 Å². The molecule has 0 radical (unpaired) electrons. The van der Waals surface area contributed by atoms with Crippen LogP contribution in [0.25, 0.3) is 0 Å². The molecule has 1 aliphatic heterocycles. The van der Waals surface area contributed by atoms with E-state index < -0.39 is 24.1 Å². The maximum absolute atomic E-state index is 9.77. The van der Waals surface area contributed by atoms with Gasteiger partial charge >= 0.3 is 11.9 Å². The number of carbonyl (C=O) groups is 2. The maximum Gasteiger partial charge on any atom is 0.335 e. The highest BCUT2D eigenvalue weighted by Gasteiger charge is 2.29. The molecule has 0 spiro atoms. The molecule has 0 bridgehead atoms. The van der Waals surface area contributed by atoms with E-state index in [1.165, 1.54) is 18.5 Å². The molecule has 0 aromatic carbocycles. The third-order valence-corrected chi connectivity index (χ3v) is 3.42. The Labute approximate surface area is 127 Å². The van der Waals surface area contributed by atoms with Gasteiger partial charge in [-0.25, -0.2) is 9.59 Å². The minimum absolute atomic E-state index is 0.721. The number of hydrogen-bond donors (Lipinski definition) is 5. The van der Waals surface area contributed by atoms with Crippen LogP contribution in [-0.2, 0) is 16.6 Å². The van der Waals surface area contributed by atoms with Crippen LogP contribution in [0.5, 0.6) is 0 Å². The number of aromatic nitrogens is 2. The summed E-state index contributed by atoms with van der Waals surface area (Å²) in [6, 6.07) is 2.13. The third-order valence-electron chi connectivity index (χ3n) is 3.42. The second kappa shape index (κ2) is 8.47. The highest BCUT2D eigenvalue weighted by Crippen LogP contribution is 2.23. The number of carboxylic acid groups (broad SMARTS) is 2. The van der Waals surface area contributed by atoms with E-state index in [-0.39, 0.29) is 0 Å². The summed E-state index contributed by atoms with van der Waals surface area (Å²) in [6.07, 6.45) is -0.147. The van der Waals surface area contributed by atoms with Gasteiger partial charge in [-0.05, 0) is 32.0 Å². The van der Waals surface area contributed by atoms with E-state index in [0.29, 0.717) is 0 Å². The Morgan fingerprint density at radius 2 is 1.73 bits per heavy atom. The van der Waals surface area contributed by atoms with Gasteiger partial charge in [0.25, 0.3) is 0 Å². The molecular formula is C13H21N3O6. The van der Waals surface area contributed by atoms with E-state index in [4.69, 9.17) is 20.4 Å². The smallest absolute Gasteiger partial charge is 0.335 e. The van der Waals surface area contributed by atoms with Crippen molar-refractivity contribution in [2.45, 2.75) is 31.0 Å². The van der Waals surface area contributed by atoms with E-state index in [2.05, 4.69) is 16.5 Å². The van der Waals surface area contributed by atoms with Crippen molar-refractivity contribution >= 4 is 11.9 Å². The number of aliphatic hydroxyl groups excluding tert-OH is 2. The summed E-state index contributed by atoms with van der Waals surface area (Å²) in [4.78, 5) is 19.5. The fourth-order valence-electron chi connectivity index (χ4n) is 2.17. The molecule has 2 rings (SSSR count). The van der Waals surface area contributed by atoms with Gasteiger partial charge in [-0.15, -0.1) is 0 Å². The molecule has 22 heavy (non-hydrogen) atoms. The molecule has 9 nitrogen and oxygen atoms in total. The highest BCUT2D eigenvalue weighted by molar-refractivity contribution is 5.83. The zero-order valence-corrected chi connectivity index (χ0v) is 12.2. The first-order valence-corrected chi connectivity index (χ1v) is 6.85. The van der Waals surface area contributed by atoms with Gasteiger partial charge in [0.1, 0.15) is 0 Å². The number of hydrogen-bond acceptors (Lipinski definition) is 6. The van der Waals surface area contributed by atoms with Crippen molar-refractivity contribution in [1.82, 2.24) is 15.1 Å². The molecule has 0 saturated carbocycles. The molecule has 2 unspecified atom stereocenters. The van der Waals surface area contributed by atoms with Crippen molar-refractivity contribution in [3.63, 3.8) is 0 Å². The predicted octanol–water partition coefficient (Wildman–Crippen LogP) is -1.24. The molecular weight excluding hydrogens is 294 g/mol. The molecule has 0 amide bonds. The molecule has 1 aromatic rings. The monoisotopic (exact) mass is 315 g/mol. The van der Waals surface area contributed by atoms with Gasteiger partial charge in [-0.2, -0.15) is 5.10 Å². The lowest BCUT2D eigenvalue weighted by atomic mass is 9.95. The van der Waals surface area contributed by atoms with Crippen LogP contribution < -0.4 is 5.32 Å². The minimum atomic E-state index is -2.27. The first-order valence-electron chi connectivity index (χ1n) is 6.85. The summed E-state index contributed by atoms with van der Waals surface area (Å²) >= 11 is 0. The molecule has 9 heteroatoms. The van der Waals surface area contributed by atoms with Gasteiger partial charge in [0, 0.05) is 24.9 Å². The van der Waals surface area contributed by atoms with Gasteiger partial charge in [-0.3, -0.25) is 4.68 Å². The van der Waals surface area contributed by atoms with Crippen LogP contribution in [0.4, 0.5) is 0 Å². The Morgan fingerprint density at radius 1 is 1.23 bits per heavy atom. The second-order valence-electron chi connectivity index (χ2n) is 4.97. The number of carboxylic acids is 2. The summed E-state index contributed by atoms with van der Waals surface area (Å²) in [7, 11) is 2.03. The molecule has 0 aliphatic carbocycles. The largest absolute Gasteiger partial charge is 0.479 e. The van der Waals surface area contributed by atoms with Gasteiger partial charge in [-0.1, -0.05) is 0 Å². The molecule has 124 valence electrons. The summed E-state index contributed by atoms with van der Waals surface area (Å²) in [6.45, 7) is 2.30. The lowest BCUT2D eigenvalue weighted by Gasteiger charge is -2.22. The number of nitrogens with one attached hydrogen (secondary N) is 1. The van der Waals surface area contributed by atoms with Gasteiger partial charge < -0.3 is 25.7 Å². The summed E-state index contributed by atoms with van der Waals surface area (Å²) in [5, 5.41) is 40.1. The van der Waals surface area contributed by atoms with Crippen LogP contribution in [0.2, 0.25) is 0 Å². The molecule has 5 N–H and O–H groups in total. The van der Waals surface area contributed by atoms with Crippen LogP contribution in [-0.4, -0.2) is 67.4 Å². The number of aliphatic carboxylic acids is 2. The van der Waals surface area contributed by atoms with Crippen molar-refractivity contribution in [3.05, 3.63) is 18.0 Å². The van der Waals surface area contributed by atoms with E-state index in [1.54, 1.807) is 0 Å². The van der Waals surface area contributed by atoms with E-state index >= 15 is 0 Å². The van der Waals surface area contributed by atoms with Crippen LogP contribution in [0.15, 0.2) is 12.3 Å². The predicted molar refractivity (Wildman–Crippen MR) is 75.3 cm³/mol.